The molecule has 1 heterocycles. The smallest absolute Gasteiger partial charge is 0.119 e. The Hall–Kier alpha value is -1.57. The van der Waals surface area contributed by atoms with Gasteiger partial charge in [0.15, 0.2) is 0 Å². The quantitative estimate of drug-likeness (QED) is 0.917. The first-order valence-electron chi connectivity index (χ1n) is 7.01. The SMILES string of the molecule is CC(C)Oc1ccc(C(O)C2(C#N)CCCOC2)cc1. The lowest BCUT2D eigenvalue weighted by Crippen LogP contribution is -2.36. The molecule has 1 aliphatic rings. The molecule has 2 rings (SSSR count). The van der Waals surface area contributed by atoms with E-state index in [9.17, 15) is 10.4 Å². The highest BCUT2D eigenvalue weighted by Crippen LogP contribution is 2.40. The summed E-state index contributed by atoms with van der Waals surface area (Å²) in [5.41, 5.74) is -0.105. The second-order valence-electron chi connectivity index (χ2n) is 5.56. The first kappa shape index (κ1) is 14.8. The summed E-state index contributed by atoms with van der Waals surface area (Å²) in [5, 5.41) is 20.0. The zero-order valence-corrected chi connectivity index (χ0v) is 12.0. The number of nitriles is 1. The molecular formula is C16H21NO3. The Morgan fingerprint density at radius 3 is 2.55 bits per heavy atom. The second kappa shape index (κ2) is 6.25. The molecule has 1 aliphatic heterocycles. The Balaban J connectivity index is 2.15. The lowest BCUT2D eigenvalue weighted by atomic mass is 9.76. The molecule has 0 amide bonds. The number of aliphatic hydroxyl groups excluding tert-OH is 1. The largest absolute Gasteiger partial charge is 0.491 e. The number of ether oxygens (including phenoxy) is 2. The minimum absolute atomic E-state index is 0.114. The zero-order valence-electron chi connectivity index (χ0n) is 12.0. The van der Waals surface area contributed by atoms with Crippen LogP contribution in [-0.4, -0.2) is 24.4 Å². The van der Waals surface area contributed by atoms with Crippen LogP contribution >= 0.6 is 0 Å². The molecule has 4 heteroatoms. The van der Waals surface area contributed by atoms with Crippen molar-refractivity contribution in [1.29, 1.82) is 5.26 Å². The fraction of sp³-hybridized carbons (Fsp3) is 0.562. The molecule has 2 atom stereocenters. The summed E-state index contributed by atoms with van der Waals surface area (Å²) in [6.07, 6.45) is 0.748. The molecule has 1 aromatic carbocycles. The van der Waals surface area contributed by atoms with Crippen molar-refractivity contribution >= 4 is 0 Å². The van der Waals surface area contributed by atoms with Crippen molar-refractivity contribution in [2.75, 3.05) is 13.2 Å². The molecule has 108 valence electrons. The molecule has 4 nitrogen and oxygen atoms in total. The van der Waals surface area contributed by atoms with Crippen molar-refractivity contribution in [3.63, 3.8) is 0 Å². The third-order valence-electron chi connectivity index (χ3n) is 3.58. The monoisotopic (exact) mass is 275 g/mol. The molecular weight excluding hydrogens is 254 g/mol. The van der Waals surface area contributed by atoms with E-state index in [1.165, 1.54) is 0 Å². The van der Waals surface area contributed by atoms with Crippen molar-refractivity contribution in [2.45, 2.75) is 38.9 Å². The van der Waals surface area contributed by atoms with Crippen LogP contribution < -0.4 is 4.74 Å². The van der Waals surface area contributed by atoms with Crippen LogP contribution in [0.15, 0.2) is 24.3 Å². The van der Waals surface area contributed by atoms with Gasteiger partial charge in [0.2, 0.25) is 0 Å². The van der Waals surface area contributed by atoms with Crippen LogP contribution in [0.1, 0.15) is 38.4 Å². The van der Waals surface area contributed by atoms with E-state index < -0.39 is 11.5 Å². The number of hydrogen-bond acceptors (Lipinski definition) is 4. The van der Waals surface area contributed by atoms with Crippen molar-refractivity contribution in [1.82, 2.24) is 0 Å². The maximum absolute atomic E-state index is 10.5. The van der Waals surface area contributed by atoms with Crippen LogP contribution in [0.5, 0.6) is 5.75 Å². The Kier molecular flexibility index (Phi) is 4.64. The number of nitrogens with zero attached hydrogens (tertiary/aromatic N) is 1. The van der Waals surface area contributed by atoms with Gasteiger partial charge in [-0.25, -0.2) is 0 Å². The highest BCUT2D eigenvalue weighted by atomic mass is 16.5. The normalized spacial score (nSPS) is 24.1. The van der Waals surface area contributed by atoms with Gasteiger partial charge in [0.05, 0.1) is 24.9 Å². The van der Waals surface area contributed by atoms with Gasteiger partial charge in [-0.2, -0.15) is 5.26 Å². The Morgan fingerprint density at radius 2 is 2.05 bits per heavy atom. The minimum Gasteiger partial charge on any atom is -0.491 e. The fourth-order valence-electron chi connectivity index (χ4n) is 2.50. The number of rotatable bonds is 4. The van der Waals surface area contributed by atoms with E-state index in [1.54, 1.807) is 0 Å². The molecule has 2 unspecified atom stereocenters. The van der Waals surface area contributed by atoms with E-state index in [-0.39, 0.29) is 12.7 Å². The van der Waals surface area contributed by atoms with E-state index in [2.05, 4.69) is 6.07 Å². The average molecular weight is 275 g/mol. The Labute approximate surface area is 119 Å². The van der Waals surface area contributed by atoms with Crippen molar-refractivity contribution in [2.24, 2.45) is 5.41 Å². The topological polar surface area (TPSA) is 62.5 Å². The van der Waals surface area contributed by atoms with E-state index >= 15 is 0 Å². The lowest BCUT2D eigenvalue weighted by Gasteiger charge is -2.35. The first-order chi connectivity index (χ1) is 9.57. The fourth-order valence-corrected chi connectivity index (χ4v) is 2.50. The van der Waals surface area contributed by atoms with Crippen LogP contribution in [0, 0.1) is 16.7 Å². The van der Waals surface area contributed by atoms with Crippen LogP contribution in [0.2, 0.25) is 0 Å². The summed E-state index contributed by atoms with van der Waals surface area (Å²) < 4.78 is 11.0. The van der Waals surface area contributed by atoms with E-state index in [4.69, 9.17) is 9.47 Å². The third-order valence-corrected chi connectivity index (χ3v) is 3.58. The molecule has 0 bridgehead atoms. The van der Waals surface area contributed by atoms with Gasteiger partial charge < -0.3 is 14.6 Å². The summed E-state index contributed by atoms with van der Waals surface area (Å²) in [5.74, 6) is 0.766. The summed E-state index contributed by atoms with van der Waals surface area (Å²) in [4.78, 5) is 0. The van der Waals surface area contributed by atoms with Gasteiger partial charge in [-0.05, 0) is 44.4 Å². The van der Waals surface area contributed by atoms with Gasteiger partial charge in [-0.3, -0.25) is 0 Å². The molecule has 20 heavy (non-hydrogen) atoms. The standard InChI is InChI=1S/C16H21NO3/c1-12(2)20-14-6-4-13(5-7-14)15(18)16(10-17)8-3-9-19-11-16/h4-7,12,15,18H,3,8-9,11H2,1-2H3. The molecule has 0 aliphatic carbocycles. The summed E-state index contributed by atoms with van der Waals surface area (Å²) in [6.45, 7) is 4.88. The van der Waals surface area contributed by atoms with Crippen molar-refractivity contribution < 1.29 is 14.6 Å². The van der Waals surface area contributed by atoms with E-state index in [1.807, 2.05) is 38.1 Å². The van der Waals surface area contributed by atoms with Gasteiger partial charge in [0.1, 0.15) is 11.2 Å². The minimum atomic E-state index is -0.835. The Morgan fingerprint density at radius 1 is 1.35 bits per heavy atom. The zero-order chi connectivity index (χ0) is 14.6. The predicted molar refractivity (Wildman–Crippen MR) is 75.3 cm³/mol. The molecule has 0 aromatic heterocycles. The van der Waals surface area contributed by atoms with Gasteiger partial charge in [-0.15, -0.1) is 0 Å². The number of aliphatic hydroxyl groups is 1. The van der Waals surface area contributed by atoms with E-state index in [0.29, 0.717) is 13.0 Å². The van der Waals surface area contributed by atoms with Gasteiger partial charge in [0, 0.05) is 6.61 Å². The van der Waals surface area contributed by atoms with Crippen LogP contribution in [0.25, 0.3) is 0 Å². The van der Waals surface area contributed by atoms with Crippen LogP contribution in [0.3, 0.4) is 0 Å². The van der Waals surface area contributed by atoms with Gasteiger partial charge >= 0.3 is 0 Å². The van der Waals surface area contributed by atoms with Crippen molar-refractivity contribution in [3.8, 4) is 11.8 Å². The highest BCUT2D eigenvalue weighted by Gasteiger charge is 2.41. The van der Waals surface area contributed by atoms with Gasteiger partial charge in [0.25, 0.3) is 0 Å². The van der Waals surface area contributed by atoms with Crippen LogP contribution in [-0.2, 0) is 4.74 Å². The summed E-state index contributed by atoms with van der Waals surface area (Å²) in [7, 11) is 0. The lowest BCUT2D eigenvalue weighted by molar-refractivity contribution is -0.0506. The molecule has 0 saturated carbocycles. The third kappa shape index (κ3) is 3.12. The molecule has 1 fully saturated rings. The van der Waals surface area contributed by atoms with E-state index in [0.717, 1.165) is 17.7 Å². The molecule has 1 saturated heterocycles. The molecule has 1 aromatic rings. The summed E-state index contributed by atoms with van der Waals surface area (Å²) >= 11 is 0. The summed E-state index contributed by atoms with van der Waals surface area (Å²) in [6, 6.07) is 9.54. The number of hydrogen-bond donors (Lipinski definition) is 1. The maximum atomic E-state index is 10.5. The highest BCUT2D eigenvalue weighted by molar-refractivity contribution is 5.31. The van der Waals surface area contributed by atoms with Crippen LogP contribution in [0.4, 0.5) is 0 Å². The maximum Gasteiger partial charge on any atom is 0.119 e. The average Bonchev–Trinajstić information content (AvgIpc) is 2.47. The molecule has 1 N–H and O–H groups in total. The second-order valence-corrected chi connectivity index (χ2v) is 5.56. The molecule has 0 radical (unpaired) electrons. The van der Waals surface area contributed by atoms with Gasteiger partial charge in [-0.1, -0.05) is 12.1 Å². The predicted octanol–water partition coefficient (Wildman–Crippen LogP) is 2.83. The van der Waals surface area contributed by atoms with Crippen molar-refractivity contribution in [3.05, 3.63) is 29.8 Å². The first-order valence-corrected chi connectivity index (χ1v) is 7.01. The number of benzene rings is 1. The Bertz CT molecular complexity index is 469. The molecule has 0 spiro atoms.